The number of benzene rings is 1. The smallest absolute Gasteiger partial charge is 0.159 e. The van der Waals surface area contributed by atoms with Crippen molar-refractivity contribution in [2.75, 3.05) is 6.61 Å². The highest BCUT2D eigenvalue weighted by Crippen LogP contribution is 2.42. The van der Waals surface area contributed by atoms with E-state index >= 15 is 0 Å². The maximum absolute atomic E-state index is 13.4. The third-order valence-electron chi connectivity index (χ3n) is 3.85. The molecule has 0 heterocycles. The maximum atomic E-state index is 13.4. The van der Waals surface area contributed by atoms with Crippen LogP contribution in [0.5, 0.6) is 0 Å². The quantitative estimate of drug-likeness (QED) is 0.639. The summed E-state index contributed by atoms with van der Waals surface area (Å²) in [5, 5.41) is 0. The second-order valence-electron chi connectivity index (χ2n) is 4.98. The summed E-state index contributed by atoms with van der Waals surface area (Å²) in [6.07, 6.45) is 3.85. The third kappa shape index (κ3) is 2.78. The monoisotopic (exact) mass is 270 g/mol. The number of nitrogens with one attached hydrogen (secondary N) is 1. The van der Waals surface area contributed by atoms with E-state index in [1.807, 2.05) is 6.92 Å². The largest absolute Gasteiger partial charge is 0.373 e. The van der Waals surface area contributed by atoms with Crippen LogP contribution in [0.1, 0.15) is 44.2 Å². The minimum Gasteiger partial charge on any atom is -0.373 e. The first-order chi connectivity index (χ1) is 9.13. The molecule has 0 aromatic heterocycles. The van der Waals surface area contributed by atoms with Crippen LogP contribution in [-0.4, -0.2) is 12.2 Å². The average molecular weight is 270 g/mol. The molecule has 0 spiro atoms. The third-order valence-corrected chi connectivity index (χ3v) is 3.85. The van der Waals surface area contributed by atoms with Crippen LogP contribution in [0, 0.1) is 11.6 Å². The Balaban J connectivity index is 2.33. The predicted molar refractivity (Wildman–Crippen MR) is 69.2 cm³/mol. The van der Waals surface area contributed by atoms with Crippen LogP contribution >= 0.6 is 0 Å². The van der Waals surface area contributed by atoms with Gasteiger partial charge in [-0.2, -0.15) is 0 Å². The number of hydrogen-bond acceptors (Lipinski definition) is 3. The molecule has 1 aliphatic carbocycles. The van der Waals surface area contributed by atoms with Crippen LogP contribution in [0.4, 0.5) is 8.78 Å². The van der Waals surface area contributed by atoms with Crippen LogP contribution in [0.25, 0.3) is 0 Å². The summed E-state index contributed by atoms with van der Waals surface area (Å²) in [5.74, 6) is 3.93. The molecule has 1 aliphatic rings. The van der Waals surface area contributed by atoms with Gasteiger partial charge >= 0.3 is 0 Å². The topological polar surface area (TPSA) is 47.3 Å². The van der Waals surface area contributed by atoms with E-state index in [1.165, 1.54) is 6.07 Å². The molecule has 3 nitrogen and oxygen atoms in total. The van der Waals surface area contributed by atoms with Crippen LogP contribution in [-0.2, 0) is 4.74 Å². The molecule has 5 heteroatoms. The lowest BCUT2D eigenvalue weighted by Crippen LogP contribution is -2.47. The van der Waals surface area contributed by atoms with Crippen molar-refractivity contribution in [2.24, 2.45) is 5.84 Å². The zero-order valence-corrected chi connectivity index (χ0v) is 11.1. The van der Waals surface area contributed by atoms with Crippen molar-refractivity contribution in [3.63, 3.8) is 0 Å². The summed E-state index contributed by atoms with van der Waals surface area (Å²) in [5.41, 5.74) is 2.92. The molecule has 0 aliphatic heterocycles. The van der Waals surface area contributed by atoms with Crippen LogP contribution in [0.15, 0.2) is 18.2 Å². The standard InChI is InChI=1S/C14H20F2N2O/c1-2-19-14(7-3-4-8-14)13(18-17)10-5-6-11(15)12(16)9-10/h5-6,9,13,18H,2-4,7-8,17H2,1H3. The molecule has 1 aromatic carbocycles. The van der Waals surface area contributed by atoms with Gasteiger partial charge in [-0.3, -0.25) is 11.3 Å². The van der Waals surface area contributed by atoms with E-state index in [-0.39, 0.29) is 6.04 Å². The van der Waals surface area contributed by atoms with Crippen molar-refractivity contribution in [3.8, 4) is 0 Å². The number of nitrogens with two attached hydrogens (primary N) is 1. The van der Waals surface area contributed by atoms with Crippen molar-refractivity contribution in [1.29, 1.82) is 0 Å². The number of hydrazine groups is 1. The summed E-state index contributed by atoms with van der Waals surface area (Å²) in [4.78, 5) is 0. The Morgan fingerprint density at radius 3 is 2.53 bits per heavy atom. The molecule has 1 atom stereocenters. The van der Waals surface area contributed by atoms with E-state index in [0.717, 1.165) is 31.7 Å². The van der Waals surface area contributed by atoms with E-state index in [0.29, 0.717) is 12.2 Å². The summed E-state index contributed by atoms with van der Waals surface area (Å²) >= 11 is 0. The summed E-state index contributed by atoms with van der Waals surface area (Å²) in [6, 6.07) is 3.55. The minimum atomic E-state index is -0.859. The maximum Gasteiger partial charge on any atom is 0.159 e. The molecule has 2 rings (SSSR count). The summed E-state index contributed by atoms with van der Waals surface area (Å²) in [7, 11) is 0. The molecular weight excluding hydrogens is 250 g/mol. The molecular formula is C14H20F2N2O. The Hall–Kier alpha value is -1.04. The molecule has 0 saturated heterocycles. The highest BCUT2D eigenvalue weighted by atomic mass is 19.2. The Morgan fingerprint density at radius 2 is 2.00 bits per heavy atom. The van der Waals surface area contributed by atoms with Crippen molar-refractivity contribution < 1.29 is 13.5 Å². The van der Waals surface area contributed by atoms with Gasteiger partial charge < -0.3 is 4.74 Å². The van der Waals surface area contributed by atoms with E-state index in [9.17, 15) is 8.78 Å². The first-order valence-corrected chi connectivity index (χ1v) is 6.68. The van der Waals surface area contributed by atoms with Crippen molar-refractivity contribution in [2.45, 2.75) is 44.2 Å². The summed E-state index contributed by atoms with van der Waals surface area (Å²) in [6.45, 7) is 2.50. The molecule has 106 valence electrons. The normalized spacial score (nSPS) is 19.6. The van der Waals surface area contributed by atoms with Gasteiger partial charge in [0.2, 0.25) is 0 Å². The van der Waals surface area contributed by atoms with Gasteiger partial charge in [0.05, 0.1) is 11.6 Å². The second kappa shape index (κ2) is 5.94. The second-order valence-corrected chi connectivity index (χ2v) is 4.98. The molecule has 0 amide bonds. The molecule has 0 radical (unpaired) electrons. The first-order valence-electron chi connectivity index (χ1n) is 6.68. The minimum absolute atomic E-state index is 0.329. The molecule has 1 fully saturated rings. The fourth-order valence-electron chi connectivity index (χ4n) is 3.02. The molecule has 3 N–H and O–H groups in total. The predicted octanol–water partition coefficient (Wildman–Crippen LogP) is 2.82. The molecule has 19 heavy (non-hydrogen) atoms. The van der Waals surface area contributed by atoms with Gasteiger partial charge in [-0.1, -0.05) is 18.9 Å². The molecule has 1 aromatic rings. The lowest BCUT2D eigenvalue weighted by atomic mass is 9.87. The highest BCUT2D eigenvalue weighted by Gasteiger charge is 2.42. The Bertz CT molecular complexity index is 433. The molecule has 0 bridgehead atoms. The van der Waals surface area contributed by atoms with Gasteiger partial charge in [-0.15, -0.1) is 0 Å². The van der Waals surface area contributed by atoms with E-state index in [2.05, 4.69) is 5.43 Å². The Kier molecular flexibility index (Phi) is 4.50. The van der Waals surface area contributed by atoms with Crippen LogP contribution in [0.2, 0.25) is 0 Å². The lowest BCUT2D eigenvalue weighted by molar-refractivity contribution is -0.0627. The Labute approximate surface area is 112 Å². The van der Waals surface area contributed by atoms with Gasteiger partial charge in [0.1, 0.15) is 0 Å². The zero-order chi connectivity index (χ0) is 13.9. The number of ether oxygens (including phenoxy) is 1. The van der Waals surface area contributed by atoms with E-state index in [4.69, 9.17) is 10.6 Å². The fraction of sp³-hybridized carbons (Fsp3) is 0.571. The van der Waals surface area contributed by atoms with Gasteiger partial charge in [0, 0.05) is 6.61 Å². The molecule has 1 unspecified atom stereocenters. The van der Waals surface area contributed by atoms with E-state index in [1.54, 1.807) is 6.07 Å². The van der Waals surface area contributed by atoms with Gasteiger partial charge in [-0.25, -0.2) is 8.78 Å². The first kappa shape index (κ1) is 14.4. The van der Waals surface area contributed by atoms with Crippen molar-refractivity contribution >= 4 is 0 Å². The lowest BCUT2D eigenvalue weighted by Gasteiger charge is -2.37. The number of halogens is 2. The zero-order valence-electron chi connectivity index (χ0n) is 11.1. The SMILES string of the molecule is CCOC1(C(NN)c2ccc(F)c(F)c2)CCCC1. The van der Waals surface area contributed by atoms with Crippen LogP contribution < -0.4 is 11.3 Å². The van der Waals surface area contributed by atoms with Crippen molar-refractivity contribution in [3.05, 3.63) is 35.4 Å². The number of rotatable bonds is 5. The highest BCUT2D eigenvalue weighted by molar-refractivity contribution is 5.25. The van der Waals surface area contributed by atoms with Crippen LogP contribution in [0.3, 0.4) is 0 Å². The summed E-state index contributed by atoms with van der Waals surface area (Å²) < 4.78 is 32.3. The fourth-order valence-corrected chi connectivity index (χ4v) is 3.02. The van der Waals surface area contributed by atoms with Gasteiger partial charge in [-0.05, 0) is 37.5 Å². The van der Waals surface area contributed by atoms with Gasteiger partial charge in [0.15, 0.2) is 11.6 Å². The Morgan fingerprint density at radius 1 is 1.32 bits per heavy atom. The number of hydrogen-bond donors (Lipinski definition) is 2. The molecule has 1 saturated carbocycles. The average Bonchev–Trinajstić information content (AvgIpc) is 2.84. The van der Waals surface area contributed by atoms with Crippen molar-refractivity contribution in [1.82, 2.24) is 5.43 Å². The van der Waals surface area contributed by atoms with Gasteiger partial charge in [0.25, 0.3) is 0 Å². The van der Waals surface area contributed by atoms with E-state index < -0.39 is 17.2 Å².